The summed E-state index contributed by atoms with van der Waals surface area (Å²) in [5.41, 5.74) is 2.56. The molecule has 0 saturated carbocycles. The van der Waals surface area contributed by atoms with Crippen LogP contribution in [0, 0.1) is 13.8 Å². The minimum absolute atomic E-state index is 0.136. The van der Waals surface area contributed by atoms with E-state index in [1.165, 1.54) is 11.1 Å². The van der Waals surface area contributed by atoms with Crippen molar-refractivity contribution in [3.8, 4) is 5.75 Å². The summed E-state index contributed by atoms with van der Waals surface area (Å²) in [7, 11) is 1.99. The molecule has 0 bridgehead atoms. The molecule has 0 aliphatic carbocycles. The fourth-order valence-electron chi connectivity index (χ4n) is 1.56. The van der Waals surface area contributed by atoms with E-state index in [4.69, 9.17) is 4.74 Å². The van der Waals surface area contributed by atoms with Crippen LogP contribution in [0.15, 0.2) is 18.2 Å². The summed E-state index contributed by atoms with van der Waals surface area (Å²) in [6.07, 6.45) is 0.997. The van der Waals surface area contributed by atoms with E-state index in [0.717, 1.165) is 18.8 Å². The fourth-order valence-corrected chi connectivity index (χ4v) is 1.56. The maximum Gasteiger partial charge on any atom is 0.125 e. The lowest BCUT2D eigenvalue weighted by molar-refractivity contribution is 0.253. The van der Waals surface area contributed by atoms with Gasteiger partial charge in [0.1, 0.15) is 5.75 Å². The van der Waals surface area contributed by atoms with Gasteiger partial charge in [0.25, 0.3) is 0 Å². The second kappa shape index (κ2) is 5.35. The van der Waals surface area contributed by atoms with Crippen LogP contribution in [-0.2, 0) is 0 Å². The number of rotatable bonds is 5. The van der Waals surface area contributed by atoms with Gasteiger partial charge < -0.3 is 10.1 Å². The summed E-state index contributed by atoms with van der Waals surface area (Å²) in [6, 6.07) is 6.24. The molecule has 1 aromatic rings. The van der Waals surface area contributed by atoms with Crippen molar-refractivity contribution in [2.45, 2.75) is 39.7 Å². The Morgan fingerprint density at radius 1 is 1.19 bits per heavy atom. The highest BCUT2D eigenvalue weighted by Crippen LogP contribution is 2.23. The molecule has 0 amide bonds. The molecule has 0 aliphatic rings. The Kier molecular flexibility index (Phi) is 4.36. The molecule has 90 valence electrons. The highest BCUT2D eigenvalue weighted by atomic mass is 16.5. The maximum absolute atomic E-state index is 5.87. The summed E-state index contributed by atoms with van der Waals surface area (Å²) < 4.78 is 5.87. The second-order valence-electron chi connectivity index (χ2n) is 4.95. The Balaban J connectivity index is 2.56. The number of para-hydroxylation sites is 1. The molecule has 0 aromatic heterocycles. The van der Waals surface area contributed by atoms with Crippen LogP contribution in [0.2, 0.25) is 0 Å². The molecule has 0 atom stereocenters. The van der Waals surface area contributed by atoms with E-state index in [1.54, 1.807) is 0 Å². The van der Waals surface area contributed by atoms with Crippen molar-refractivity contribution in [3.05, 3.63) is 29.3 Å². The van der Waals surface area contributed by atoms with E-state index in [2.05, 4.69) is 51.2 Å². The smallest absolute Gasteiger partial charge is 0.125 e. The first-order valence-electron chi connectivity index (χ1n) is 5.84. The van der Waals surface area contributed by atoms with E-state index in [9.17, 15) is 0 Å². The summed E-state index contributed by atoms with van der Waals surface area (Å²) in [5.74, 6) is 1.04. The van der Waals surface area contributed by atoms with Crippen molar-refractivity contribution in [3.63, 3.8) is 0 Å². The second-order valence-corrected chi connectivity index (χ2v) is 4.95. The summed E-state index contributed by atoms with van der Waals surface area (Å²) >= 11 is 0. The average molecular weight is 221 g/mol. The molecule has 16 heavy (non-hydrogen) atoms. The van der Waals surface area contributed by atoms with Crippen LogP contribution in [0.4, 0.5) is 0 Å². The Morgan fingerprint density at radius 2 is 1.75 bits per heavy atom. The van der Waals surface area contributed by atoms with Crippen LogP contribution in [0.25, 0.3) is 0 Å². The monoisotopic (exact) mass is 221 g/mol. The minimum Gasteiger partial charge on any atom is -0.493 e. The van der Waals surface area contributed by atoms with E-state index in [0.29, 0.717) is 0 Å². The highest BCUT2D eigenvalue weighted by Gasteiger charge is 2.14. The topological polar surface area (TPSA) is 21.3 Å². The number of benzene rings is 1. The van der Waals surface area contributed by atoms with Crippen LogP contribution >= 0.6 is 0 Å². The summed E-state index contributed by atoms with van der Waals surface area (Å²) in [6.45, 7) is 9.29. The third-order valence-electron chi connectivity index (χ3n) is 3.06. The number of aryl methyl sites for hydroxylation is 2. The van der Waals surface area contributed by atoms with Crippen molar-refractivity contribution in [1.29, 1.82) is 0 Å². The van der Waals surface area contributed by atoms with Crippen molar-refractivity contribution in [2.75, 3.05) is 13.7 Å². The summed E-state index contributed by atoms with van der Waals surface area (Å²) in [5, 5.41) is 3.28. The van der Waals surface area contributed by atoms with Gasteiger partial charge in [-0.2, -0.15) is 0 Å². The zero-order chi connectivity index (χ0) is 12.2. The van der Waals surface area contributed by atoms with Gasteiger partial charge in [-0.3, -0.25) is 0 Å². The fraction of sp³-hybridized carbons (Fsp3) is 0.571. The third kappa shape index (κ3) is 3.53. The quantitative estimate of drug-likeness (QED) is 0.825. The molecule has 2 nitrogen and oxygen atoms in total. The first kappa shape index (κ1) is 13.0. The van der Waals surface area contributed by atoms with E-state index >= 15 is 0 Å². The molecular weight excluding hydrogens is 198 g/mol. The van der Waals surface area contributed by atoms with Crippen molar-refractivity contribution in [2.24, 2.45) is 0 Å². The lowest BCUT2D eigenvalue weighted by atomic mass is 10.0. The van der Waals surface area contributed by atoms with E-state index < -0.39 is 0 Å². The van der Waals surface area contributed by atoms with Gasteiger partial charge in [0.05, 0.1) is 6.61 Å². The van der Waals surface area contributed by atoms with E-state index in [-0.39, 0.29) is 5.54 Å². The normalized spacial score (nSPS) is 11.6. The van der Waals surface area contributed by atoms with Crippen molar-refractivity contribution in [1.82, 2.24) is 5.32 Å². The maximum atomic E-state index is 5.87. The summed E-state index contributed by atoms with van der Waals surface area (Å²) in [4.78, 5) is 0. The molecule has 0 fully saturated rings. The van der Waals surface area contributed by atoms with Gasteiger partial charge in [0, 0.05) is 5.54 Å². The van der Waals surface area contributed by atoms with E-state index in [1.807, 2.05) is 7.05 Å². The Bertz CT molecular complexity index is 324. The lowest BCUT2D eigenvalue weighted by Crippen LogP contribution is -2.37. The van der Waals surface area contributed by atoms with Crippen LogP contribution in [0.5, 0.6) is 5.75 Å². The van der Waals surface area contributed by atoms with Crippen LogP contribution in [-0.4, -0.2) is 19.2 Å². The molecule has 2 heteroatoms. The molecule has 0 unspecified atom stereocenters. The molecule has 0 spiro atoms. The first-order valence-corrected chi connectivity index (χ1v) is 5.84. The first-order chi connectivity index (χ1) is 7.46. The predicted molar refractivity (Wildman–Crippen MR) is 69.2 cm³/mol. The minimum atomic E-state index is 0.136. The lowest BCUT2D eigenvalue weighted by Gasteiger charge is -2.24. The Morgan fingerprint density at radius 3 is 2.25 bits per heavy atom. The standard InChI is InChI=1S/C14H23NO/c1-11-7-6-8-12(2)13(11)16-10-9-14(3,4)15-5/h6-8,15H,9-10H2,1-5H3. The highest BCUT2D eigenvalue weighted by molar-refractivity contribution is 5.39. The van der Waals surface area contributed by atoms with Crippen molar-refractivity contribution >= 4 is 0 Å². The van der Waals surface area contributed by atoms with Crippen LogP contribution in [0.3, 0.4) is 0 Å². The number of hydrogen-bond acceptors (Lipinski definition) is 2. The molecule has 1 aromatic carbocycles. The zero-order valence-corrected chi connectivity index (χ0v) is 11.1. The largest absolute Gasteiger partial charge is 0.493 e. The number of ether oxygens (including phenoxy) is 1. The third-order valence-corrected chi connectivity index (χ3v) is 3.06. The van der Waals surface area contributed by atoms with Gasteiger partial charge >= 0.3 is 0 Å². The SMILES string of the molecule is CNC(C)(C)CCOc1c(C)cccc1C. The Labute approximate surface area is 99.0 Å². The molecular formula is C14H23NO. The average Bonchev–Trinajstić information content (AvgIpc) is 2.22. The van der Waals surface area contributed by atoms with Crippen molar-refractivity contribution < 1.29 is 4.74 Å². The van der Waals surface area contributed by atoms with Gasteiger partial charge in [-0.05, 0) is 52.3 Å². The molecule has 0 saturated heterocycles. The van der Waals surface area contributed by atoms with Gasteiger partial charge in [-0.15, -0.1) is 0 Å². The van der Waals surface area contributed by atoms with Crippen LogP contribution in [0.1, 0.15) is 31.4 Å². The molecule has 1 N–H and O–H groups in total. The molecule has 0 radical (unpaired) electrons. The van der Waals surface area contributed by atoms with Crippen LogP contribution < -0.4 is 10.1 Å². The van der Waals surface area contributed by atoms with Gasteiger partial charge in [-0.1, -0.05) is 18.2 Å². The Hall–Kier alpha value is -1.02. The molecule has 1 rings (SSSR count). The molecule has 0 heterocycles. The van der Waals surface area contributed by atoms with Gasteiger partial charge in [0.2, 0.25) is 0 Å². The predicted octanol–water partition coefficient (Wildman–Crippen LogP) is 3.07. The number of nitrogens with one attached hydrogen (secondary N) is 1. The van der Waals surface area contributed by atoms with Gasteiger partial charge in [0.15, 0.2) is 0 Å². The molecule has 0 aliphatic heterocycles. The zero-order valence-electron chi connectivity index (χ0n) is 11.1. The van der Waals surface area contributed by atoms with Gasteiger partial charge in [-0.25, -0.2) is 0 Å². The number of hydrogen-bond donors (Lipinski definition) is 1.